The molecule has 3 aliphatic rings. The number of nitrogens with one attached hydrogen (secondary N) is 3. The first-order valence-electron chi connectivity index (χ1n) is 13.9. The summed E-state index contributed by atoms with van der Waals surface area (Å²) in [5.74, 6) is 1.33. The molecule has 200 valence electrons. The highest BCUT2D eigenvalue weighted by atomic mass is 16.2. The minimum atomic E-state index is -0.288. The number of imidazole rings is 1. The van der Waals surface area contributed by atoms with Crippen molar-refractivity contribution in [1.82, 2.24) is 29.4 Å². The van der Waals surface area contributed by atoms with Gasteiger partial charge in [-0.3, -0.25) is 18.7 Å². The highest BCUT2D eigenvalue weighted by Crippen LogP contribution is 2.37. The lowest BCUT2D eigenvalue weighted by Crippen LogP contribution is -2.40. The molecule has 10 heteroatoms. The zero-order chi connectivity index (χ0) is 26.5. The molecule has 0 unspecified atom stereocenters. The average molecular weight is 526 g/mol. The minimum absolute atomic E-state index is 0.00540. The lowest BCUT2D eigenvalue weighted by atomic mass is 9.93. The summed E-state index contributed by atoms with van der Waals surface area (Å²) in [6.07, 6.45) is 9.10. The van der Waals surface area contributed by atoms with Crippen molar-refractivity contribution in [3.8, 4) is 11.4 Å². The number of benzene rings is 1. The van der Waals surface area contributed by atoms with Crippen LogP contribution in [-0.4, -0.2) is 36.0 Å². The van der Waals surface area contributed by atoms with E-state index in [1.807, 2.05) is 36.4 Å². The first-order chi connectivity index (χ1) is 19.0. The maximum Gasteiger partial charge on any atom is 0.333 e. The second kappa shape index (κ2) is 9.52. The predicted octanol–water partition coefficient (Wildman–Crippen LogP) is 3.44. The van der Waals surface area contributed by atoms with Gasteiger partial charge in [0, 0.05) is 36.4 Å². The summed E-state index contributed by atoms with van der Waals surface area (Å²) < 4.78 is 3.11. The van der Waals surface area contributed by atoms with Crippen molar-refractivity contribution in [3.63, 3.8) is 0 Å². The summed E-state index contributed by atoms with van der Waals surface area (Å²) in [6.45, 7) is 0.597. The third kappa shape index (κ3) is 4.75. The van der Waals surface area contributed by atoms with E-state index in [1.165, 1.54) is 11.0 Å². The monoisotopic (exact) mass is 525 g/mol. The number of amides is 1. The number of rotatable bonds is 9. The van der Waals surface area contributed by atoms with E-state index < -0.39 is 0 Å². The molecular formula is C29H31N7O3. The number of anilines is 1. The van der Waals surface area contributed by atoms with Crippen molar-refractivity contribution in [1.29, 1.82) is 0 Å². The maximum atomic E-state index is 13.1. The van der Waals surface area contributed by atoms with Gasteiger partial charge in [-0.05, 0) is 68.2 Å². The Labute approximate surface area is 224 Å². The number of carbonyl (C=O) groups excluding carboxylic acids is 1. The molecule has 10 nitrogen and oxygen atoms in total. The summed E-state index contributed by atoms with van der Waals surface area (Å²) in [7, 11) is 0. The van der Waals surface area contributed by atoms with Gasteiger partial charge in [0.1, 0.15) is 17.2 Å². The predicted molar refractivity (Wildman–Crippen MR) is 148 cm³/mol. The van der Waals surface area contributed by atoms with Crippen LogP contribution in [0, 0.1) is 0 Å². The first-order valence-corrected chi connectivity index (χ1v) is 13.9. The molecule has 39 heavy (non-hydrogen) atoms. The lowest BCUT2D eigenvalue weighted by molar-refractivity contribution is -0.121. The fourth-order valence-electron chi connectivity index (χ4n) is 5.18. The molecule has 0 saturated heterocycles. The molecule has 0 atom stereocenters. The van der Waals surface area contributed by atoms with Gasteiger partial charge in [-0.25, -0.2) is 14.8 Å². The van der Waals surface area contributed by atoms with Crippen molar-refractivity contribution in [2.24, 2.45) is 0 Å². The van der Waals surface area contributed by atoms with Crippen LogP contribution in [0.5, 0.6) is 0 Å². The number of aromatic nitrogens is 5. The van der Waals surface area contributed by atoms with E-state index in [2.05, 4.69) is 25.6 Å². The Bertz CT molecular complexity index is 1650. The van der Waals surface area contributed by atoms with E-state index in [4.69, 9.17) is 0 Å². The zero-order valence-electron chi connectivity index (χ0n) is 21.7. The smallest absolute Gasteiger partial charge is 0.333 e. The molecule has 3 fully saturated rings. The van der Waals surface area contributed by atoms with E-state index in [0.717, 1.165) is 55.2 Å². The fourth-order valence-corrected chi connectivity index (χ4v) is 5.18. The van der Waals surface area contributed by atoms with Crippen LogP contribution < -0.4 is 21.9 Å². The van der Waals surface area contributed by atoms with Gasteiger partial charge in [-0.15, -0.1) is 0 Å². The number of hydrogen-bond acceptors (Lipinski definition) is 6. The van der Waals surface area contributed by atoms with Crippen LogP contribution in [0.15, 0.2) is 52.2 Å². The second-order valence-corrected chi connectivity index (χ2v) is 11.0. The van der Waals surface area contributed by atoms with E-state index in [0.29, 0.717) is 41.8 Å². The number of carbonyl (C=O) groups is 1. The van der Waals surface area contributed by atoms with Crippen molar-refractivity contribution < 1.29 is 4.79 Å². The van der Waals surface area contributed by atoms with Gasteiger partial charge < -0.3 is 15.6 Å². The van der Waals surface area contributed by atoms with Crippen molar-refractivity contribution in [3.05, 3.63) is 74.6 Å². The van der Waals surface area contributed by atoms with Gasteiger partial charge in [0.15, 0.2) is 5.65 Å². The molecule has 0 aliphatic heterocycles. The molecule has 0 spiro atoms. The number of fused-ring (bicyclic) bond motifs is 1. The number of hydrogen-bond donors (Lipinski definition) is 3. The van der Waals surface area contributed by atoms with Crippen LogP contribution in [0.25, 0.3) is 22.6 Å². The van der Waals surface area contributed by atoms with Gasteiger partial charge in [0.2, 0.25) is 5.91 Å². The third-order valence-electron chi connectivity index (χ3n) is 7.95. The van der Waals surface area contributed by atoms with E-state index in [-0.39, 0.29) is 29.2 Å². The van der Waals surface area contributed by atoms with Crippen LogP contribution >= 0.6 is 0 Å². The molecule has 3 heterocycles. The Balaban J connectivity index is 1.03. The molecular weight excluding hydrogens is 494 g/mol. The summed E-state index contributed by atoms with van der Waals surface area (Å²) in [4.78, 5) is 50.7. The maximum absolute atomic E-state index is 13.1. The minimum Gasteiger partial charge on any atom is -0.366 e. The summed E-state index contributed by atoms with van der Waals surface area (Å²) >= 11 is 0. The molecule has 1 amide bonds. The normalized spacial score (nSPS) is 17.2. The Kier molecular flexibility index (Phi) is 5.82. The fraction of sp³-hybridized carbons (Fsp3) is 0.414. The Morgan fingerprint density at radius 1 is 0.923 bits per heavy atom. The number of pyridine rings is 1. The number of nitrogens with zero attached hydrogens (tertiary/aromatic N) is 4. The second-order valence-electron chi connectivity index (χ2n) is 11.0. The van der Waals surface area contributed by atoms with Gasteiger partial charge in [-0.1, -0.05) is 24.3 Å². The molecule has 0 radical (unpaired) electrons. The van der Waals surface area contributed by atoms with Crippen LogP contribution in [0.2, 0.25) is 0 Å². The summed E-state index contributed by atoms with van der Waals surface area (Å²) in [5, 5.41) is 6.40. The molecule has 3 aromatic heterocycles. The number of H-pyrrole nitrogens is 1. The Morgan fingerprint density at radius 2 is 1.64 bits per heavy atom. The number of aromatic amines is 1. The van der Waals surface area contributed by atoms with Crippen LogP contribution in [0.1, 0.15) is 68.2 Å². The van der Waals surface area contributed by atoms with Crippen LogP contribution in [0.4, 0.5) is 5.82 Å². The molecule has 1 aromatic carbocycles. The lowest BCUT2D eigenvalue weighted by Gasteiger charge is -2.26. The largest absolute Gasteiger partial charge is 0.366 e. The SMILES string of the molecule is O=C(Cc1ccc(CNc2ccc(-c3nc4c([nH]3)c(=O)n(C3CC3)c(=O)n4C3CC3)cn2)cc1)NC1CCC1. The summed E-state index contributed by atoms with van der Waals surface area (Å²) in [5.41, 5.74) is 3.13. The third-order valence-corrected chi connectivity index (χ3v) is 7.95. The van der Waals surface area contributed by atoms with Crippen molar-refractivity contribution in [2.45, 2.75) is 76.0 Å². The molecule has 4 aromatic rings. The molecule has 0 bridgehead atoms. The summed E-state index contributed by atoms with van der Waals surface area (Å²) in [6, 6.07) is 12.3. The van der Waals surface area contributed by atoms with Gasteiger partial charge >= 0.3 is 5.69 Å². The van der Waals surface area contributed by atoms with Crippen LogP contribution in [-0.2, 0) is 17.8 Å². The van der Waals surface area contributed by atoms with E-state index >= 15 is 0 Å². The molecule has 3 aliphatic carbocycles. The first kappa shape index (κ1) is 23.9. The van der Waals surface area contributed by atoms with Crippen LogP contribution in [0.3, 0.4) is 0 Å². The average Bonchev–Trinajstić information content (AvgIpc) is 3.85. The van der Waals surface area contributed by atoms with Gasteiger partial charge in [0.25, 0.3) is 5.56 Å². The topological polar surface area (TPSA) is 127 Å². The standard InChI is InChI=1S/C29H31N7O3/c37-24(32-20-2-1-3-20)14-17-4-6-18(7-5-17)15-30-23-13-8-19(16-31-23)26-33-25-27(34-26)35(21-9-10-21)29(39)36(28(25)38)22-11-12-22/h4-8,13,16,20-22H,1-3,9-12,14-15H2,(H,30,31)(H,32,37)(H,33,34). The van der Waals surface area contributed by atoms with Crippen molar-refractivity contribution >= 4 is 22.9 Å². The molecule has 3 saturated carbocycles. The molecule has 3 N–H and O–H groups in total. The van der Waals surface area contributed by atoms with Crippen molar-refractivity contribution in [2.75, 3.05) is 5.32 Å². The Morgan fingerprint density at radius 3 is 2.28 bits per heavy atom. The van der Waals surface area contributed by atoms with E-state index in [1.54, 1.807) is 10.8 Å². The van der Waals surface area contributed by atoms with E-state index in [9.17, 15) is 14.4 Å². The zero-order valence-corrected chi connectivity index (χ0v) is 21.7. The van der Waals surface area contributed by atoms with Gasteiger partial charge in [0.05, 0.1) is 6.42 Å². The highest BCUT2D eigenvalue weighted by Gasteiger charge is 2.34. The highest BCUT2D eigenvalue weighted by molar-refractivity contribution is 5.79. The quantitative estimate of drug-likeness (QED) is 0.307. The van der Waals surface area contributed by atoms with Gasteiger partial charge in [-0.2, -0.15) is 0 Å². The Hall–Kier alpha value is -4.21. The molecule has 7 rings (SSSR count).